The highest BCUT2D eigenvalue weighted by Crippen LogP contribution is 2.33. The minimum Gasteiger partial charge on any atom is -0.469 e. The van der Waals surface area contributed by atoms with Crippen molar-refractivity contribution in [1.29, 1.82) is 0 Å². The average molecular weight is 352 g/mol. The SMILES string of the molecule is COC(=O)CCN(Cc1cc([N+](=O)[O-])cc2c1OCOC2)CC(C)C. The van der Waals surface area contributed by atoms with E-state index in [9.17, 15) is 14.9 Å². The maximum absolute atomic E-state index is 11.5. The number of methoxy groups -OCH3 is 1. The summed E-state index contributed by atoms with van der Waals surface area (Å²) >= 11 is 0. The van der Waals surface area contributed by atoms with Gasteiger partial charge in [-0.05, 0) is 5.92 Å². The third-order valence-corrected chi connectivity index (χ3v) is 3.86. The molecular weight excluding hydrogens is 328 g/mol. The molecule has 25 heavy (non-hydrogen) atoms. The Morgan fingerprint density at radius 3 is 2.84 bits per heavy atom. The fourth-order valence-electron chi connectivity index (χ4n) is 2.85. The van der Waals surface area contributed by atoms with Crippen LogP contribution >= 0.6 is 0 Å². The topological polar surface area (TPSA) is 91.1 Å². The lowest BCUT2D eigenvalue weighted by Crippen LogP contribution is -2.30. The van der Waals surface area contributed by atoms with Crippen LogP contribution in [0.15, 0.2) is 12.1 Å². The first-order valence-corrected chi connectivity index (χ1v) is 8.20. The molecule has 0 amide bonds. The standard InChI is InChI=1S/C17H24N2O6/c1-12(2)8-18(5-4-16(20)23-3)9-13-6-15(19(21)22)7-14-10-24-11-25-17(13)14/h6-7,12H,4-5,8-11H2,1-3H3. The lowest BCUT2D eigenvalue weighted by molar-refractivity contribution is -0.385. The largest absolute Gasteiger partial charge is 0.469 e. The number of ether oxygens (including phenoxy) is 3. The highest BCUT2D eigenvalue weighted by atomic mass is 16.7. The highest BCUT2D eigenvalue weighted by Gasteiger charge is 2.23. The fraction of sp³-hybridized carbons (Fsp3) is 0.588. The number of benzene rings is 1. The van der Waals surface area contributed by atoms with Crippen molar-refractivity contribution in [1.82, 2.24) is 4.90 Å². The Balaban J connectivity index is 2.25. The molecule has 0 bridgehead atoms. The zero-order chi connectivity index (χ0) is 18.4. The Morgan fingerprint density at radius 2 is 2.20 bits per heavy atom. The molecule has 1 aliphatic heterocycles. The molecule has 0 radical (unpaired) electrons. The zero-order valence-corrected chi connectivity index (χ0v) is 14.8. The summed E-state index contributed by atoms with van der Waals surface area (Å²) in [4.78, 5) is 24.3. The van der Waals surface area contributed by atoms with Gasteiger partial charge in [0, 0.05) is 42.9 Å². The van der Waals surface area contributed by atoms with Crippen molar-refractivity contribution in [3.05, 3.63) is 33.4 Å². The van der Waals surface area contributed by atoms with Crippen LogP contribution in [-0.4, -0.2) is 42.8 Å². The van der Waals surface area contributed by atoms with E-state index in [0.29, 0.717) is 30.3 Å². The van der Waals surface area contributed by atoms with Crippen molar-refractivity contribution in [2.75, 3.05) is 27.0 Å². The van der Waals surface area contributed by atoms with Gasteiger partial charge in [-0.1, -0.05) is 13.8 Å². The first-order valence-electron chi connectivity index (χ1n) is 8.20. The van der Waals surface area contributed by atoms with Gasteiger partial charge in [0.25, 0.3) is 5.69 Å². The van der Waals surface area contributed by atoms with Crippen molar-refractivity contribution in [2.45, 2.75) is 33.4 Å². The number of fused-ring (bicyclic) bond motifs is 1. The van der Waals surface area contributed by atoms with Crippen molar-refractivity contribution in [3.8, 4) is 5.75 Å². The lowest BCUT2D eigenvalue weighted by atomic mass is 10.1. The van der Waals surface area contributed by atoms with E-state index in [1.807, 2.05) is 0 Å². The molecule has 0 fully saturated rings. The summed E-state index contributed by atoms with van der Waals surface area (Å²) in [6.45, 7) is 6.31. The van der Waals surface area contributed by atoms with Crippen LogP contribution in [0.3, 0.4) is 0 Å². The van der Waals surface area contributed by atoms with E-state index in [1.165, 1.54) is 19.2 Å². The maximum atomic E-state index is 11.5. The first kappa shape index (κ1) is 19.1. The Bertz CT molecular complexity index is 632. The van der Waals surface area contributed by atoms with E-state index in [2.05, 4.69) is 18.7 Å². The van der Waals surface area contributed by atoms with Crippen molar-refractivity contribution >= 4 is 11.7 Å². The van der Waals surface area contributed by atoms with E-state index in [1.54, 1.807) is 0 Å². The van der Waals surface area contributed by atoms with Crippen LogP contribution in [0.25, 0.3) is 0 Å². The number of carbonyl (C=O) groups is 1. The van der Waals surface area contributed by atoms with Gasteiger partial charge in [0.2, 0.25) is 0 Å². The first-order chi connectivity index (χ1) is 11.9. The number of hydrogen-bond acceptors (Lipinski definition) is 7. The minimum absolute atomic E-state index is 0.0142. The van der Waals surface area contributed by atoms with Crippen LogP contribution in [0.1, 0.15) is 31.4 Å². The fourth-order valence-corrected chi connectivity index (χ4v) is 2.85. The molecule has 138 valence electrons. The maximum Gasteiger partial charge on any atom is 0.306 e. The summed E-state index contributed by atoms with van der Waals surface area (Å²) < 4.78 is 15.5. The van der Waals surface area contributed by atoms with Crippen molar-refractivity contribution in [2.24, 2.45) is 5.92 Å². The molecule has 0 saturated heterocycles. The van der Waals surface area contributed by atoms with E-state index >= 15 is 0 Å². The number of nitrogens with zero attached hydrogens (tertiary/aromatic N) is 2. The lowest BCUT2D eigenvalue weighted by Gasteiger charge is -2.27. The molecule has 0 N–H and O–H groups in total. The molecule has 0 atom stereocenters. The van der Waals surface area contributed by atoms with Crippen molar-refractivity contribution in [3.63, 3.8) is 0 Å². The van der Waals surface area contributed by atoms with Gasteiger partial charge in [-0.3, -0.25) is 19.8 Å². The van der Waals surface area contributed by atoms with E-state index in [0.717, 1.165) is 12.1 Å². The summed E-state index contributed by atoms with van der Waals surface area (Å²) in [5.74, 6) is 0.750. The number of non-ortho nitro benzene ring substituents is 1. The smallest absolute Gasteiger partial charge is 0.306 e. The molecule has 2 rings (SSSR count). The second kappa shape index (κ2) is 8.77. The minimum atomic E-state index is -0.417. The predicted octanol–water partition coefficient (Wildman–Crippen LogP) is 2.48. The van der Waals surface area contributed by atoms with Gasteiger partial charge in [0.05, 0.1) is 25.1 Å². The predicted molar refractivity (Wildman–Crippen MR) is 90.1 cm³/mol. The number of rotatable bonds is 8. The molecule has 0 spiro atoms. The van der Waals surface area contributed by atoms with Gasteiger partial charge < -0.3 is 14.2 Å². The molecule has 1 aromatic rings. The normalized spacial score (nSPS) is 13.5. The second-order valence-corrected chi connectivity index (χ2v) is 6.42. The summed E-state index contributed by atoms with van der Waals surface area (Å²) in [6.07, 6.45) is 0.268. The molecular formula is C17H24N2O6. The summed E-state index contributed by atoms with van der Waals surface area (Å²) in [7, 11) is 1.36. The van der Waals surface area contributed by atoms with Gasteiger partial charge in [0.15, 0.2) is 6.79 Å². The van der Waals surface area contributed by atoms with Gasteiger partial charge in [-0.15, -0.1) is 0 Å². The summed E-state index contributed by atoms with van der Waals surface area (Å²) in [5.41, 5.74) is 1.42. The molecule has 1 aliphatic rings. The Morgan fingerprint density at radius 1 is 1.44 bits per heavy atom. The number of nitro groups is 1. The summed E-state index contributed by atoms with van der Waals surface area (Å²) in [6, 6.07) is 3.02. The number of esters is 1. The Hall–Kier alpha value is -2.19. The number of carbonyl (C=O) groups excluding carboxylic acids is 1. The second-order valence-electron chi connectivity index (χ2n) is 6.42. The third-order valence-electron chi connectivity index (χ3n) is 3.86. The van der Waals surface area contributed by atoms with Gasteiger partial charge >= 0.3 is 5.97 Å². The summed E-state index contributed by atoms with van der Waals surface area (Å²) in [5, 5.41) is 11.2. The van der Waals surface area contributed by atoms with Gasteiger partial charge in [-0.2, -0.15) is 0 Å². The average Bonchev–Trinajstić information content (AvgIpc) is 2.58. The molecule has 0 aromatic heterocycles. The number of nitro benzene ring substituents is 1. The molecule has 8 heteroatoms. The van der Waals surface area contributed by atoms with Crippen LogP contribution in [-0.2, 0) is 27.4 Å². The van der Waals surface area contributed by atoms with Crippen molar-refractivity contribution < 1.29 is 23.9 Å². The monoisotopic (exact) mass is 352 g/mol. The molecule has 0 unspecified atom stereocenters. The molecule has 1 heterocycles. The number of hydrogen-bond donors (Lipinski definition) is 0. The van der Waals surface area contributed by atoms with Crippen LogP contribution in [0, 0.1) is 16.0 Å². The molecule has 0 saturated carbocycles. The Kier molecular flexibility index (Phi) is 6.72. The zero-order valence-electron chi connectivity index (χ0n) is 14.8. The van der Waals surface area contributed by atoms with E-state index < -0.39 is 4.92 Å². The molecule has 1 aromatic carbocycles. The third kappa shape index (κ3) is 5.40. The van der Waals surface area contributed by atoms with Crippen LogP contribution in [0.5, 0.6) is 5.75 Å². The highest BCUT2D eigenvalue weighted by molar-refractivity contribution is 5.69. The van der Waals surface area contributed by atoms with Crippen LogP contribution in [0.4, 0.5) is 5.69 Å². The van der Waals surface area contributed by atoms with Gasteiger partial charge in [-0.25, -0.2) is 0 Å². The molecule has 0 aliphatic carbocycles. The van der Waals surface area contributed by atoms with Crippen LogP contribution < -0.4 is 4.74 Å². The van der Waals surface area contributed by atoms with E-state index in [-0.39, 0.29) is 31.5 Å². The van der Waals surface area contributed by atoms with Gasteiger partial charge in [0.1, 0.15) is 5.75 Å². The quantitative estimate of drug-likeness (QED) is 0.403. The van der Waals surface area contributed by atoms with E-state index in [4.69, 9.17) is 14.2 Å². The molecule has 8 nitrogen and oxygen atoms in total. The Labute approximate surface area is 146 Å². The van der Waals surface area contributed by atoms with Crippen LogP contribution in [0.2, 0.25) is 0 Å².